The van der Waals surface area contributed by atoms with Crippen LogP contribution >= 0.6 is 23.2 Å². The van der Waals surface area contributed by atoms with Crippen LogP contribution in [0, 0.1) is 20.2 Å². The molecule has 36 heavy (non-hydrogen) atoms. The fraction of sp³-hybridized carbons (Fsp3) is 0.0526. The molecule has 0 unspecified atom stereocenters. The van der Waals surface area contributed by atoms with Gasteiger partial charge in [0.1, 0.15) is 12.1 Å². The van der Waals surface area contributed by atoms with E-state index in [1.807, 2.05) is 0 Å². The first-order chi connectivity index (χ1) is 17.2. The lowest BCUT2D eigenvalue weighted by molar-refractivity contribution is -0.384. The highest BCUT2D eigenvalue weighted by Crippen LogP contribution is 2.28. The Bertz CT molecular complexity index is 1320. The van der Waals surface area contributed by atoms with Crippen LogP contribution in [0.15, 0.2) is 48.8 Å². The maximum Gasteiger partial charge on any atom is 0.356 e. The van der Waals surface area contributed by atoms with Crippen molar-refractivity contribution in [2.45, 2.75) is 0 Å². The van der Waals surface area contributed by atoms with Gasteiger partial charge in [-0.3, -0.25) is 51.5 Å². The zero-order chi connectivity index (χ0) is 26.2. The number of nitro groups is 2. The van der Waals surface area contributed by atoms with E-state index in [0.29, 0.717) is 5.02 Å². The minimum atomic E-state index is -0.848. The van der Waals surface area contributed by atoms with Gasteiger partial charge in [-0.15, -0.1) is 0 Å². The van der Waals surface area contributed by atoms with Gasteiger partial charge in [-0.1, -0.05) is 23.2 Å². The summed E-state index contributed by atoms with van der Waals surface area (Å²) < 4.78 is 5.26. The third-order valence-electron chi connectivity index (χ3n) is 4.21. The molecule has 0 aliphatic heterocycles. The minimum absolute atomic E-state index is 0.0382. The van der Waals surface area contributed by atoms with Crippen molar-refractivity contribution in [1.29, 1.82) is 0 Å². The van der Waals surface area contributed by atoms with E-state index in [0.717, 1.165) is 18.5 Å². The van der Waals surface area contributed by atoms with E-state index in [4.69, 9.17) is 27.9 Å². The second kappa shape index (κ2) is 11.6. The van der Waals surface area contributed by atoms with Crippen molar-refractivity contribution < 1.29 is 24.2 Å². The summed E-state index contributed by atoms with van der Waals surface area (Å²) in [4.78, 5) is 52.6. The standard InChI is InChI=1S/C19H14Cl2N8O7/c20-11-3-6-14(13(21)7-11)36-8-15(30)24-25-17-16(29(34)35)18(23-9-22-17)26-27-19(31)10-1-4-12(5-2-10)28(32)33/h1-7,9H,8H2,(H,24,30)(H,27,31)(H2,22,23,25,26). The molecule has 3 aromatic rings. The number of rotatable bonds is 10. The van der Waals surface area contributed by atoms with Crippen molar-refractivity contribution in [3.05, 3.63) is 84.6 Å². The van der Waals surface area contributed by atoms with Crippen molar-refractivity contribution in [1.82, 2.24) is 20.8 Å². The molecule has 0 aliphatic rings. The Morgan fingerprint density at radius 3 is 2.14 bits per heavy atom. The number of amides is 2. The number of hydrogen-bond acceptors (Lipinski definition) is 11. The van der Waals surface area contributed by atoms with Crippen molar-refractivity contribution in [3.8, 4) is 5.75 Å². The summed E-state index contributed by atoms with van der Waals surface area (Å²) >= 11 is 11.7. The predicted octanol–water partition coefficient (Wildman–Crippen LogP) is 2.88. The number of ether oxygens (including phenoxy) is 1. The Hall–Kier alpha value is -4.76. The van der Waals surface area contributed by atoms with E-state index >= 15 is 0 Å². The number of aromatic nitrogens is 2. The molecule has 0 saturated carbocycles. The van der Waals surface area contributed by atoms with Crippen molar-refractivity contribution in [2.24, 2.45) is 0 Å². The number of nitro benzene ring substituents is 1. The number of carbonyl (C=O) groups is 2. The molecule has 17 heteroatoms. The molecule has 0 radical (unpaired) electrons. The molecule has 2 amide bonds. The molecular weight excluding hydrogens is 523 g/mol. The van der Waals surface area contributed by atoms with E-state index in [-0.39, 0.29) is 22.0 Å². The lowest BCUT2D eigenvalue weighted by Gasteiger charge is -2.12. The second-order valence-electron chi connectivity index (χ2n) is 6.60. The van der Waals surface area contributed by atoms with Crippen LogP contribution in [-0.2, 0) is 4.79 Å². The number of hydrazine groups is 2. The van der Waals surface area contributed by atoms with Crippen molar-refractivity contribution in [2.75, 3.05) is 17.5 Å². The summed E-state index contributed by atoms with van der Waals surface area (Å²) in [6.45, 7) is -0.496. The third kappa shape index (κ3) is 6.64. The summed E-state index contributed by atoms with van der Waals surface area (Å²) in [5, 5.41) is 22.9. The Kier molecular flexibility index (Phi) is 8.32. The van der Waals surface area contributed by atoms with Crippen LogP contribution in [0.3, 0.4) is 0 Å². The molecule has 0 spiro atoms. The average molecular weight is 537 g/mol. The summed E-state index contributed by atoms with van der Waals surface area (Å²) in [6.07, 6.45) is 0.936. The SMILES string of the molecule is O=C(COc1ccc(Cl)cc1Cl)NNc1ncnc(NNC(=O)c2ccc([N+](=O)[O-])cc2)c1[N+](=O)[O-]. The lowest BCUT2D eigenvalue weighted by Crippen LogP contribution is -2.34. The molecule has 3 rings (SSSR count). The van der Waals surface area contributed by atoms with Gasteiger partial charge in [0.25, 0.3) is 17.5 Å². The molecule has 186 valence electrons. The van der Waals surface area contributed by atoms with Crippen LogP contribution in [0.5, 0.6) is 5.75 Å². The summed E-state index contributed by atoms with van der Waals surface area (Å²) in [5.41, 5.74) is 8.06. The van der Waals surface area contributed by atoms with Crippen LogP contribution in [0.25, 0.3) is 0 Å². The van der Waals surface area contributed by atoms with Crippen molar-refractivity contribution in [3.63, 3.8) is 0 Å². The first-order valence-electron chi connectivity index (χ1n) is 9.58. The van der Waals surface area contributed by atoms with Gasteiger partial charge in [-0.05, 0) is 30.3 Å². The highest BCUT2D eigenvalue weighted by molar-refractivity contribution is 6.35. The molecule has 2 aromatic carbocycles. The maximum atomic E-state index is 12.3. The number of carbonyl (C=O) groups excluding carboxylic acids is 2. The van der Waals surface area contributed by atoms with Gasteiger partial charge in [0.2, 0.25) is 11.6 Å². The normalized spacial score (nSPS) is 10.2. The highest BCUT2D eigenvalue weighted by atomic mass is 35.5. The van der Waals surface area contributed by atoms with Crippen LogP contribution in [0.1, 0.15) is 10.4 Å². The summed E-state index contributed by atoms with van der Waals surface area (Å²) in [5.74, 6) is -2.10. The molecule has 1 aromatic heterocycles. The van der Waals surface area contributed by atoms with Gasteiger partial charge < -0.3 is 4.74 Å². The number of nitrogens with zero attached hydrogens (tertiary/aromatic N) is 4. The number of non-ortho nitro benzene ring substituents is 1. The Labute approximate surface area is 211 Å². The van der Waals surface area contributed by atoms with Crippen LogP contribution in [0.4, 0.5) is 23.0 Å². The first kappa shape index (κ1) is 25.9. The minimum Gasteiger partial charge on any atom is -0.482 e. The Morgan fingerprint density at radius 1 is 0.917 bits per heavy atom. The Balaban J connectivity index is 1.62. The maximum absolute atomic E-state index is 12.3. The van der Waals surface area contributed by atoms with Crippen LogP contribution < -0.4 is 26.4 Å². The molecule has 0 fully saturated rings. The zero-order valence-electron chi connectivity index (χ0n) is 17.7. The van der Waals surface area contributed by atoms with Crippen LogP contribution in [0.2, 0.25) is 10.0 Å². The number of halogens is 2. The van der Waals surface area contributed by atoms with Gasteiger partial charge in [-0.2, -0.15) is 0 Å². The fourth-order valence-corrected chi connectivity index (χ4v) is 3.02. The number of benzene rings is 2. The average Bonchev–Trinajstić information content (AvgIpc) is 2.85. The number of nitrogens with one attached hydrogen (secondary N) is 4. The largest absolute Gasteiger partial charge is 0.482 e. The number of anilines is 2. The molecule has 0 aliphatic carbocycles. The first-order valence-corrected chi connectivity index (χ1v) is 10.3. The molecule has 0 atom stereocenters. The monoisotopic (exact) mass is 536 g/mol. The number of hydrogen-bond donors (Lipinski definition) is 4. The van der Waals surface area contributed by atoms with Gasteiger partial charge in [0, 0.05) is 22.7 Å². The summed E-state index contributed by atoms with van der Waals surface area (Å²) in [7, 11) is 0. The van der Waals surface area contributed by atoms with Gasteiger partial charge in [-0.25, -0.2) is 9.97 Å². The van der Waals surface area contributed by atoms with E-state index < -0.39 is 45.6 Å². The van der Waals surface area contributed by atoms with Gasteiger partial charge in [0.05, 0.1) is 14.9 Å². The van der Waals surface area contributed by atoms with Crippen molar-refractivity contribution >= 4 is 58.0 Å². The molecule has 0 saturated heterocycles. The van der Waals surface area contributed by atoms with Gasteiger partial charge >= 0.3 is 5.69 Å². The van der Waals surface area contributed by atoms with Crippen LogP contribution in [-0.4, -0.2) is 38.2 Å². The van der Waals surface area contributed by atoms with E-state index in [2.05, 4.69) is 31.7 Å². The van der Waals surface area contributed by atoms with E-state index in [1.165, 1.54) is 30.3 Å². The molecule has 1 heterocycles. The zero-order valence-corrected chi connectivity index (χ0v) is 19.2. The highest BCUT2D eigenvalue weighted by Gasteiger charge is 2.24. The smallest absolute Gasteiger partial charge is 0.356 e. The topological polar surface area (TPSA) is 204 Å². The fourth-order valence-electron chi connectivity index (χ4n) is 2.56. The summed E-state index contributed by atoms with van der Waals surface area (Å²) in [6, 6.07) is 9.04. The molecule has 4 N–H and O–H groups in total. The van der Waals surface area contributed by atoms with E-state index in [9.17, 15) is 29.8 Å². The van der Waals surface area contributed by atoms with E-state index in [1.54, 1.807) is 0 Å². The third-order valence-corrected chi connectivity index (χ3v) is 4.74. The van der Waals surface area contributed by atoms with Gasteiger partial charge in [0.15, 0.2) is 6.61 Å². The lowest BCUT2D eigenvalue weighted by atomic mass is 10.2. The quantitative estimate of drug-likeness (QED) is 0.219. The molecule has 0 bridgehead atoms. The predicted molar refractivity (Wildman–Crippen MR) is 127 cm³/mol. The Morgan fingerprint density at radius 2 is 1.56 bits per heavy atom. The second-order valence-corrected chi connectivity index (χ2v) is 7.44. The molecule has 15 nitrogen and oxygen atoms in total. The molecular formula is C19H14Cl2N8O7.